The van der Waals surface area contributed by atoms with Gasteiger partial charge in [0.25, 0.3) is 0 Å². The van der Waals surface area contributed by atoms with Crippen molar-refractivity contribution in [1.29, 1.82) is 0 Å². The molecule has 3 rings (SSSR count). The van der Waals surface area contributed by atoms with Crippen LogP contribution in [0, 0.1) is 5.92 Å². The Hall–Kier alpha value is -1.69. The Morgan fingerprint density at radius 2 is 2.09 bits per heavy atom. The van der Waals surface area contributed by atoms with Crippen molar-refractivity contribution < 1.29 is 12.9 Å². The van der Waals surface area contributed by atoms with E-state index >= 15 is 0 Å². The molecule has 0 aliphatic heterocycles. The molecule has 1 aromatic heterocycles. The van der Waals surface area contributed by atoms with E-state index in [-0.39, 0.29) is 11.6 Å². The van der Waals surface area contributed by atoms with E-state index in [1.807, 2.05) is 24.3 Å². The normalized spacial score (nSPS) is 18.1. The third kappa shape index (κ3) is 3.63. The first-order valence-corrected chi connectivity index (χ1v) is 9.78. The average Bonchev–Trinajstić information content (AvgIpc) is 2.92. The second-order valence-corrected chi connectivity index (χ2v) is 8.77. The first-order chi connectivity index (χ1) is 11.0. The molecule has 0 saturated heterocycles. The van der Waals surface area contributed by atoms with Gasteiger partial charge in [-0.25, -0.2) is 8.42 Å². The fourth-order valence-electron chi connectivity index (χ4n) is 3.14. The highest BCUT2D eigenvalue weighted by atomic mass is 32.2. The molecule has 0 radical (unpaired) electrons. The molecule has 0 spiro atoms. The van der Waals surface area contributed by atoms with Crippen molar-refractivity contribution in [3.8, 4) is 0 Å². The van der Waals surface area contributed by atoms with E-state index in [0.717, 1.165) is 24.0 Å². The van der Waals surface area contributed by atoms with E-state index < -0.39 is 15.1 Å². The summed E-state index contributed by atoms with van der Waals surface area (Å²) in [6.45, 7) is 4.11. The molecule has 0 fully saturated rings. The van der Waals surface area contributed by atoms with Crippen molar-refractivity contribution in [2.45, 2.75) is 50.5 Å². The van der Waals surface area contributed by atoms with E-state index in [2.05, 4.69) is 24.0 Å². The number of hydrogen-bond donors (Lipinski definition) is 0. The summed E-state index contributed by atoms with van der Waals surface area (Å²) in [6.07, 6.45) is 3.17. The maximum Gasteiger partial charge on any atom is 0.226 e. The molecule has 124 valence electrons. The predicted octanol–water partition coefficient (Wildman–Crippen LogP) is 3.26. The summed E-state index contributed by atoms with van der Waals surface area (Å²) in [7, 11) is -3.35. The van der Waals surface area contributed by atoms with E-state index in [9.17, 15) is 8.42 Å². The third-order valence-corrected chi connectivity index (χ3v) is 6.19. The molecular formula is C17H22N2O3S. The lowest BCUT2D eigenvalue weighted by molar-refractivity contribution is 0.359. The van der Waals surface area contributed by atoms with Gasteiger partial charge in [-0.2, -0.15) is 4.98 Å². The van der Waals surface area contributed by atoms with Gasteiger partial charge in [-0.3, -0.25) is 0 Å². The smallest absolute Gasteiger partial charge is 0.226 e. The van der Waals surface area contributed by atoms with Crippen LogP contribution in [0.5, 0.6) is 0 Å². The van der Waals surface area contributed by atoms with E-state index in [0.29, 0.717) is 24.7 Å². The van der Waals surface area contributed by atoms with Gasteiger partial charge < -0.3 is 4.52 Å². The van der Waals surface area contributed by atoms with Crippen LogP contribution in [0.15, 0.2) is 28.8 Å². The zero-order valence-corrected chi connectivity index (χ0v) is 14.3. The van der Waals surface area contributed by atoms with Crippen LogP contribution in [0.25, 0.3) is 0 Å². The molecule has 0 bridgehead atoms. The molecule has 5 nitrogen and oxygen atoms in total. The lowest BCUT2D eigenvalue weighted by Crippen LogP contribution is -2.21. The highest BCUT2D eigenvalue weighted by Gasteiger charge is 2.32. The molecule has 1 atom stereocenters. The predicted molar refractivity (Wildman–Crippen MR) is 87.6 cm³/mol. The van der Waals surface area contributed by atoms with Crippen molar-refractivity contribution >= 4 is 9.84 Å². The van der Waals surface area contributed by atoms with Gasteiger partial charge in [0.05, 0.1) is 5.25 Å². The highest BCUT2D eigenvalue weighted by molar-refractivity contribution is 7.90. The van der Waals surface area contributed by atoms with Crippen LogP contribution >= 0.6 is 0 Å². The molecule has 0 N–H and O–H groups in total. The van der Waals surface area contributed by atoms with Crippen molar-refractivity contribution in [3.05, 3.63) is 47.1 Å². The molecule has 2 aromatic rings. The van der Waals surface area contributed by atoms with Crippen LogP contribution in [0.2, 0.25) is 0 Å². The van der Waals surface area contributed by atoms with Crippen molar-refractivity contribution in [3.63, 3.8) is 0 Å². The maximum absolute atomic E-state index is 12.8. The van der Waals surface area contributed by atoms with Gasteiger partial charge in [0.2, 0.25) is 5.89 Å². The number of aromatic nitrogens is 2. The molecule has 1 heterocycles. The molecule has 1 aromatic carbocycles. The summed E-state index contributed by atoms with van der Waals surface area (Å²) in [4.78, 5) is 4.23. The first kappa shape index (κ1) is 16.2. The van der Waals surface area contributed by atoms with Gasteiger partial charge in [-0.1, -0.05) is 43.3 Å². The molecule has 0 unspecified atom stereocenters. The quantitative estimate of drug-likeness (QED) is 0.839. The lowest BCUT2D eigenvalue weighted by atomic mass is 9.91. The zero-order chi connectivity index (χ0) is 16.4. The second-order valence-electron chi connectivity index (χ2n) is 6.59. The maximum atomic E-state index is 12.8. The Balaban J connectivity index is 1.81. The standard InChI is InChI=1S/C17H22N2O3S/c1-12(2)10-17-18-16(19-22-17)11-23(20,21)15-9-5-7-13-6-3-4-8-14(13)15/h3-4,6,8,12,15H,5,7,9-11H2,1-2H3/t15-/m0/s1. The first-order valence-electron chi connectivity index (χ1n) is 8.06. The molecule has 0 amide bonds. The number of benzene rings is 1. The molecule has 23 heavy (non-hydrogen) atoms. The Kier molecular flexibility index (Phi) is 4.53. The fraction of sp³-hybridized carbons (Fsp3) is 0.529. The van der Waals surface area contributed by atoms with E-state index in [1.165, 1.54) is 0 Å². The van der Waals surface area contributed by atoms with Gasteiger partial charge in [0.15, 0.2) is 15.7 Å². The Morgan fingerprint density at radius 1 is 1.30 bits per heavy atom. The minimum absolute atomic E-state index is 0.159. The molecular weight excluding hydrogens is 312 g/mol. The van der Waals surface area contributed by atoms with Crippen LogP contribution in [0.1, 0.15) is 54.8 Å². The summed E-state index contributed by atoms with van der Waals surface area (Å²) in [6, 6.07) is 7.82. The summed E-state index contributed by atoms with van der Waals surface area (Å²) in [5.74, 6) is 1.01. The van der Waals surface area contributed by atoms with Crippen molar-refractivity contribution in [2.75, 3.05) is 0 Å². The monoisotopic (exact) mass is 334 g/mol. The van der Waals surface area contributed by atoms with Crippen LogP contribution in [-0.2, 0) is 28.4 Å². The van der Waals surface area contributed by atoms with Crippen LogP contribution < -0.4 is 0 Å². The van der Waals surface area contributed by atoms with Crippen LogP contribution in [0.4, 0.5) is 0 Å². The average molecular weight is 334 g/mol. The van der Waals surface area contributed by atoms with Gasteiger partial charge in [0.1, 0.15) is 5.75 Å². The Labute approximate surface area is 137 Å². The van der Waals surface area contributed by atoms with Gasteiger partial charge in [-0.05, 0) is 36.3 Å². The lowest BCUT2D eigenvalue weighted by Gasteiger charge is -2.24. The number of sulfone groups is 1. The summed E-state index contributed by atoms with van der Waals surface area (Å²) >= 11 is 0. The van der Waals surface area contributed by atoms with Gasteiger partial charge in [-0.15, -0.1) is 0 Å². The summed E-state index contributed by atoms with van der Waals surface area (Å²) < 4.78 is 30.8. The minimum Gasteiger partial charge on any atom is -0.339 e. The Morgan fingerprint density at radius 3 is 2.87 bits per heavy atom. The SMILES string of the molecule is CC(C)Cc1nc(CS(=O)(=O)[C@H]2CCCc3ccccc32)no1. The molecule has 6 heteroatoms. The van der Waals surface area contributed by atoms with E-state index in [1.54, 1.807) is 0 Å². The van der Waals surface area contributed by atoms with E-state index in [4.69, 9.17) is 4.52 Å². The Bertz CT molecular complexity index is 781. The van der Waals surface area contributed by atoms with Gasteiger partial charge in [0, 0.05) is 6.42 Å². The fourth-order valence-corrected chi connectivity index (χ4v) is 4.96. The van der Waals surface area contributed by atoms with Crippen molar-refractivity contribution in [2.24, 2.45) is 5.92 Å². The minimum atomic E-state index is -3.35. The van der Waals surface area contributed by atoms with Crippen LogP contribution in [-0.4, -0.2) is 18.6 Å². The number of rotatable bonds is 5. The van der Waals surface area contributed by atoms with Crippen molar-refractivity contribution in [1.82, 2.24) is 10.1 Å². The van der Waals surface area contributed by atoms with Gasteiger partial charge >= 0.3 is 0 Å². The number of aryl methyl sites for hydroxylation is 1. The number of fused-ring (bicyclic) bond motifs is 1. The molecule has 0 saturated carbocycles. The zero-order valence-electron chi connectivity index (χ0n) is 13.5. The molecule has 1 aliphatic rings. The highest BCUT2D eigenvalue weighted by Crippen LogP contribution is 2.36. The largest absolute Gasteiger partial charge is 0.339 e. The van der Waals surface area contributed by atoms with Crippen LogP contribution in [0.3, 0.4) is 0 Å². The summed E-state index contributed by atoms with van der Waals surface area (Å²) in [5.41, 5.74) is 2.07. The third-order valence-electron chi connectivity index (χ3n) is 4.17. The topological polar surface area (TPSA) is 73.1 Å². The number of hydrogen-bond acceptors (Lipinski definition) is 5. The summed E-state index contributed by atoms with van der Waals surface area (Å²) in [5, 5.41) is 3.38. The second kappa shape index (κ2) is 6.43. The number of nitrogens with zero attached hydrogens (tertiary/aromatic N) is 2. The molecule has 1 aliphatic carbocycles.